The molecule has 0 aliphatic carbocycles. The Morgan fingerprint density at radius 2 is 2.00 bits per heavy atom. The Kier molecular flexibility index (Phi) is 4.85. The third-order valence-electron chi connectivity index (χ3n) is 2.59. The van der Waals surface area contributed by atoms with Gasteiger partial charge in [0.1, 0.15) is 10.8 Å². The molecule has 7 heteroatoms. The van der Waals surface area contributed by atoms with E-state index in [1.165, 1.54) is 23.5 Å². The summed E-state index contributed by atoms with van der Waals surface area (Å²) in [4.78, 5) is 16.7. The zero-order valence-electron chi connectivity index (χ0n) is 11.4. The van der Waals surface area contributed by atoms with Crippen molar-refractivity contribution in [1.82, 2.24) is 4.98 Å². The second-order valence-electron chi connectivity index (χ2n) is 4.05. The minimum atomic E-state index is -2.85. The number of ether oxygens (including phenoxy) is 2. The summed E-state index contributed by atoms with van der Waals surface area (Å²) in [5.74, 6) is -0.386. The number of carbonyl (C=O) groups excluding carboxylic acids is 1. The molecule has 0 spiro atoms. The number of carbonyl (C=O) groups is 1. The zero-order valence-corrected chi connectivity index (χ0v) is 12.2. The lowest BCUT2D eigenvalue weighted by atomic mass is 10.2. The van der Waals surface area contributed by atoms with Crippen LogP contribution in [0.5, 0.6) is 5.75 Å². The molecule has 0 saturated carbocycles. The fourth-order valence-electron chi connectivity index (χ4n) is 1.69. The van der Waals surface area contributed by atoms with Gasteiger partial charge in [-0.3, -0.25) is 0 Å². The first-order chi connectivity index (χ1) is 10.0. The minimum Gasteiger partial charge on any atom is -0.461 e. The van der Waals surface area contributed by atoms with E-state index in [1.54, 1.807) is 26.0 Å². The van der Waals surface area contributed by atoms with E-state index < -0.39 is 12.6 Å². The van der Waals surface area contributed by atoms with E-state index in [0.717, 1.165) is 10.4 Å². The van der Waals surface area contributed by atoms with Gasteiger partial charge in [-0.25, -0.2) is 9.78 Å². The topological polar surface area (TPSA) is 48.4 Å². The number of hydrogen-bond donors (Lipinski definition) is 0. The molecule has 0 amide bonds. The Morgan fingerprint density at radius 1 is 1.33 bits per heavy atom. The highest BCUT2D eigenvalue weighted by Crippen LogP contribution is 2.29. The summed E-state index contributed by atoms with van der Waals surface area (Å²) in [6.45, 7) is 0.933. The van der Waals surface area contributed by atoms with Crippen LogP contribution in [-0.2, 0) is 4.74 Å². The van der Waals surface area contributed by atoms with Crippen molar-refractivity contribution in [3.63, 3.8) is 0 Å². The summed E-state index contributed by atoms with van der Waals surface area (Å²) >= 11 is 1.34. The first-order valence-electron chi connectivity index (χ1n) is 6.21. The van der Waals surface area contributed by atoms with Crippen LogP contribution in [0.15, 0.2) is 24.3 Å². The summed E-state index contributed by atoms with van der Waals surface area (Å²) in [5, 5.41) is 0.624. The maximum atomic E-state index is 12.1. The fourth-order valence-corrected chi connectivity index (χ4v) is 2.59. The number of nitrogens with zero attached hydrogens (tertiary/aromatic N) is 1. The molecule has 0 atom stereocenters. The second kappa shape index (κ2) is 6.62. The van der Waals surface area contributed by atoms with Gasteiger partial charge in [0.05, 0.1) is 6.61 Å². The highest BCUT2D eigenvalue weighted by Gasteiger charge is 2.17. The van der Waals surface area contributed by atoms with E-state index in [9.17, 15) is 13.6 Å². The van der Waals surface area contributed by atoms with E-state index in [0.29, 0.717) is 5.01 Å². The lowest BCUT2D eigenvalue weighted by Gasteiger charge is -2.04. The first kappa shape index (κ1) is 15.4. The van der Waals surface area contributed by atoms with Gasteiger partial charge in [0.15, 0.2) is 5.69 Å². The molecule has 2 aromatic rings. The Balaban J connectivity index is 2.22. The van der Waals surface area contributed by atoms with Crippen molar-refractivity contribution < 1.29 is 23.0 Å². The summed E-state index contributed by atoms with van der Waals surface area (Å²) in [7, 11) is 0. The molecule has 2 rings (SSSR count). The predicted molar refractivity (Wildman–Crippen MR) is 74.9 cm³/mol. The van der Waals surface area contributed by atoms with E-state index in [4.69, 9.17) is 4.74 Å². The molecule has 0 saturated heterocycles. The van der Waals surface area contributed by atoms with Crippen LogP contribution in [0, 0.1) is 6.92 Å². The van der Waals surface area contributed by atoms with Crippen LogP contribution in [0.25, 0.3) is 10.6 Å². The quantitative estimate of drug-likeness (QED) is 0.786. The second-order valence-corrected chi connectivity index (χ2v) is 5.25. The molecule has 0 aliphatic rings. The van der Waals surface area contributed by atoms with E-state index >= 15 is 0 Å². The third-order valence-corrected chi connectivity index (χ3v) is 3.61. The lowest BCUT2D eigenvalue weighted by Crippen LogP contribution is -2.06. The molecule has 0 aliphatic heterocycles. The monoisotopic (exact) mass is 313 g/mol. The van der Waals surface area contributed by atoms with Crippen molar-refractivity contribution in [1.29, 1.82) is 0 Å². The Morgan fingerprint density at radius 3 is 2.57 bits per heavy atom. The highest BCUT2D eigenvalue weighted by atomic mass is 32.1. The van der Waals surface area contributed by atoms with E-state index in [2.05, 4.69) is 9.72 Å². The molecule has 21 heavy (non-hydrogen) atoms. The molecule has 0 radical (unpaired) electrons. The van der Waals surface area contributed by atoms with Crippen LogP contribution in [0.4, 0.5) is 8.78 Å². The zero-order chi connectivity index (χ0) is 15.4. The van der Waals surface area contributed by atoms with E-state index in [1.807, 2.05) is 0 Å². The third kappa shape index (κ3) is 3.75. The lowest BCUT2D eigenvalue weighted by molar-refractivity contribution is -0.0498. The molecule has 0 unspecified atom stereocenters. The number of halogens is 2. The number of esters is 1. The van der Waals surface area contributed by atoms with Crippen molar-refractivity contribution >= 4 is 17.3 Å². The predicted octanol–water partition coefficient (Wildman–Crippen LogP) is 3.90. The highest BCUT2D eigenvalue weighted by molar-refractivity contribution is 7.15. The number of rotatable bonds is 5. The maximum absolute atomic E-state index is 12.1. The van der Waals surface area contributed by atoms with Gasteiger partial charge in [0.25, 0.3) is 0 Å². The molecule has 112 valence electrons. The number of aromatic nitrogens is 1. The number of thiazole rings is 1. The van der Waals surface area contributed by atoms with Crippen LogP contribution in [0.3, 0.4) is 0 Å². The van der Waals surface area contributed by atoms with Crippen LogP contribution in [0.1, 0.15) is 22.3 Å². The van der Waals surface area contributed by atoms with Crippen molar-refractivity contribution in [3.8, 4) is 16.3 Å². The maximum Gasteiger partial charge on any atom is 0.387 e. The first-order valence-corrected chi connectivity index (χ1v) is 7.02. The average Bonchev–Trinajstić information content (AvgIpc) is 2.81. The molecule has 1 heterocycles. The molecule has 0 fully saturated rings. The van der Waals surface area contributed by atoms with Gasteiger partial charge in [0.2, 0.25) is 0 Å². The molecule has 4 nitrogen and oxygen atoms in total. The van der Waals surface area contributed by atoms with Gasteiger partial charge in [0, 0.05) is 10.4 Å². The summed E-state index contributed by atoms with van der Waals surface area (Å²) in [6.07, 6.45) is 0. The Labute approximate surface area is 124 Å². The number of benzene rings is 1. The van der Waals surface area contributed by atoms with Gasteiger partial charge >= 0.3 is 12.6 Å². The minimum absolute atomic E-state index is 0.0765. The summed E-state index contributed by atoms with van der Waals surface area (Å²) < 4.78 is 33.4. The van der Waals surface area contributed by atoms with Crippen LogP contribution >= 0.6 is 11.3 Å². The van der Waals surface area contributed by atoms with Gasteiger partial charge in [-0.05, 0) is 38.1 Å². The normalized spacial score (nSPS) is 10.7. The molecule has 0 bridgehead atoms. The molecule has 1 aromatic carbocycles. The molecular weight excluding hydrogens is 300 g/mol. The van der Waals surface area contributed by atoms with E-state index in [-0.39, 0.29) is 18.1 Å². The van der Waals surface area contributed by atoms with Gasteiger partial charge < -0.3 is 9.47 Å². The van der Waals surface area contributed by atoms with Gasteiger partial charge in [-0.15, -0.1) is 11.3 Å². The average molecular weight is 313 g/mol. The smallest absolute Gasteiger partial charge is 0.387 e. The summed E-state index contributed by atoms with van der Waals surface area (Å²) in [6, 6.07) is 6.10. The fraction of sp³-hybridized carbons (Fsp3) is 0.286. The van der Waals surface area contributed by atoms with Gasteiger partial charge in [-0.1, -0.05) is 0 Å². The van der Waals surface area contributed by atoms with Crippen LogP contribution in [0.2, 0.25) is 0 Å². The van der Waals surface area contributed by atoms with Crippen molar-refractivity contribution in [2.45, 2.75) is 20.5 Å². The van der Waals surface area contributed by atoms with Crippen molar-refractivity contribution in [2.24, 2.45) is 0 Å². The summed E-state index contributed by atoms with van der Waals surface area (Å²) in [5.41, 5.74) is 1.00. The molecular formula is C14H13F2NO3S. The van der Waals surface area contributed by atoms with Crippen molar-refractivity contribution in [3.05, 3.63) is 34.8 Å². The van der Waals surface area contributed by atoms with Gasteiger partial charge in [-0.2, -0.15) is 8.78 Å². The molecule has 1 aromatic heterocycles. The largest absolute Gasteiger partial charge is 0.461 e. The number of alkyl halides is 2. The Bertz CT molecular complexity index is 626. The van der Waals surface area contributed by atoms with Crippen LogP contribution < -0.4 is 4.74 Å². The Hall–Kier alpha value is -2.02. The molecule has 0 N–H and O–H groups in total. The number of aryl methyl sites for hydroxylation is 1. The van der Waals surface area contributed by atoms with Crippen molar-refractivity contribution in [2.75, 3.05) is 6.61 Å². The van der Waals surface area contributed by atoms with Crippen LogP contribution in [-0.4, -0.2) is 24.2 Å². The SMILES string of the molecule is CCOC(=O)c1nc(-c2ccc(OC(F)F)cc2)sc1C. The number of hydrogen-bond acceptors (Lipinski definition) is 5. The standard InChI is InChI=1S/C14H13F2NO3S/c1-3-19-13(18)11-8(2)21-12(17-11)9-4-6-10(7-5-9)20-14(15)16/h4-7,14H,3H2,1-2H3.